The van der Waals surface area contributed by atoms with Crippen molar-refractivity contribution in [1.82, 2.24) is 9.80 Å². The van der Waals surface area contributed by atoms with Crippen LogP contribution in [0, 0.1) is 0 Å². The van der Waals surface area contributed by atoms with Gasteiger partial charge in [0.2, 0.25) is 11.8 Å². The van der Waals surface area contributed by atoms with E-state index in [9.17, 15) is 9.59 Å². The van der Waals surface area contributed by atoms with Gasteiger partial charge in [0, 0.05) is 20.1 Å². The Bertz CT molecular complexity index is 1130. The first-order chi connectivity index (χ1) is 14.9. The third-order valence-electron chi connectivity index (χ3n) is 5.97. The van der Waals surface area contributed by atoms with Crippen molar-refractivity contribution >= 4 is 22.6 Å². The fraction of sp³-hybridized carbons (Fsp3) is 0.280. The summed E-state index contributed by atoms with van der Waals surface area (Å²) in [4.78, 5) is 28.6. The van der Waals surface area contributed by atoms with E-state index in [1.807, 2.05) is 59.5 Å². The van der Waals surface area contributed by atoms with Gasteiger partial charge in [-0.1, -0.05) is 42.5 Å². The number of hydrogen-bond acceptors (Lipinski definition) is 4. The predicted octanol–water partition coefficient (Wildman–Crippen LogP) is 2.72. The highest BCUT2D eigenvalue weighted by Crippen LogP contribution is 2.24. The van der Waals surface area contributed by atoms with Gasteiger partial charge in [0.25, 0.3) is 0 Å². The fourth-order valence-electron chi connectivity index (χ4n) is 4.18. The highest BCUT2D eigenvalue weighted by molar-refractivity contribution is 5.85. The zero-order valence-electron chi connectivity index (χ0n) is 17.9. The Labute approximate surface area is 182 Å². The number of carbonyl (C=O) groups is 2. The third kappa shape index (κ3) is 4.54. The number of methoxy groups -OCH3 is 1. The molecule has 0 saturated heterocycles. The Morgan fingerprint density at radius 2 is 1.77 bits per heavy atom. The lowest BCUT2D eigenvalue weighted by molar-refractivity contribution is -0.134. The summed E-state index contributed by atoms with van der Waals surface area (Å²) in [5.41, 5.74) is 8.96. The maximum Gasteiger partial charge on any atom is 0.236 e. The SMILES string of the molecule is COc1ccc2cc(CN(C)C(=O)CN3Cc4ccccc4C[C@H]3C(N)=O)ccc2c1. The summed E-state index contributed by atoms with van der Waals surface area (Å²) < 4.78 is 5.28. The molecule has 3 aromatic carbocycles. The first-order valence-electron chi connectivity index (χ1n) is 10.4. The van der Waals surface area contributed by atoms with Crippen LogP contribution in [0.5, 0.6) is 5.75 Å². The Morgan fingerprint density at radius 3 is 2.52 bits per heavy atom. The number of primary amides is 1. The lowest BCUT2D eigenvalue weighted by Gasteiger charge is -2.35. The normalized spacial score (nSPS) is 16.0. The largest absolute Gasteiger partial charge is 0.497 e. The molecule has 0 unspecified atom stereocenters. The number of rotatable bonds is 6. The van der Waals surface area contributed by atoms with Crippen LogP contribution in [-0.4, -0.2) is 48.4 Å². The highest BCUT2D eigenvalue weighted by atomic mass is 16.5. The van der Waals surface area contributed by atoms with E-state index in [-0.39, 0.29) is 12.5 Å². The van der Waals surface area contributed by atoms with Gasteiger partial charge in [-0.15, -0.1) is 0 Å². The van der Waals surface area contributed by atoms with Crippen LogP contribution in [-0.2, 0) is 29.1 Å². The van der Waals surface area contributed by atoms with Crippen molar-refractivity contribution in [2.75, 3.05) is 20.7 Å². The molecule has 2 amide bonds. The van der Waals surface area contributed by atoms with Gasteiger partial charge in [0.15, 0.2) is 0 Å². The van der Waals surface area contributed by atoms with Crippen molar-refractivity contribution in [3.63, 3.8) is 0 Å². The monoisotopic (exact) mass is 417 g/mol. The lowest BCUT2D eigenvalue weighted by Crippen LogP contribution is -2.51. The maximum atomic E-state index is 13.0. The molecule has 0 fully saturated rings. The van der Waals surface area contributed by atoms with E-state index in [0.29, 0.717) is 19.5 Å². The van der Waals surface area contributed by atoms with Gasteiger partial charge in [-0.25, -0.2) is 0 Å². The molecule has 1 aliphatic heterocycles. The van der Waals surface area contributed by atoms with Crippen molar-refractivity contribution in [3.8, 4) is 5.75 Å². The van der Waals surface area contributed by atoms with E-state index in [4.69, 9.17) is 10.5 Å². The smallest absolute Gasteiger partial charge is 0.236 e. The molecule has 0 aliphatic carbocycles. The van der Waals surface area contributed by atoms with Crippen LogP contribution in [0.2, 0.25) is 0 Å². The number of nitrogens with two attached hydrogens (primary N) is 1. The molecular formula is C25H27N3O3. The van der Waals surface area contributed by atoms with Gasteiger partial charge in [-0.05, 0) is 52.1 Å². The van der Waals surface area contributed by atoms with Crippen LogP contribution in [0.4, 0.5) is 0 Å². The zero-order chi connectivity index (χ0) is 22.0. The number of benzene rings is 3. The molecular weight excluding hydrogens is 390 g/mol. The van der Waals surface area contributed by atoms with Crippen LogP contribution in [0.3, 0.4) is 0 Å². The molecule has 4 rings (SSSR count). The molecule has 1 heterocycles. The molecule has 2 N–H and O–H groups in total. The second-order valence-electron chi connectivity index (χ2n) is 8.09. The quantitative estimate of drug-likeness (QED) is 0.669. The van der Waals surface area contributed by atoms with Gasteiger partial charge < -0.3 is 15.4 Å². The second kappa shape index (κ2) is 8.78. The maximum absolute atomic E-state index is 13.0. The van der Waals surface area contributed by atoms with Crippen molar-refractivity contribution in [2.45, 2.75) is 25.6 Å². The van der Waals surface area contributed by atoms with Crippen molar-refractivity contribution in [3.05, 3.63) is 77.4 Å². The molecule has 6 heteroatoms. The number of hydrogen-bond donors (Lipinski definition) is 1. The molecule has 0 spiro atoms. The summed E-state index contributed by atoms with van der Waals surface area (Å²) >= 11 is 0. The number of fused-ring (bicyclic) bond motifs is 2. The molecule has 3 aromatic rings. The Hall–Kier alpha value is -3.38. The molecule has 1 atom stereocenters. The first kappa shape index (κ1) is 20.9. The molecule has 0 saturated carbocycles. The molecule has 0 aromatic heterocycles. The summed E-state index contributed by atoms with van der Waals surface area (Å²) in [5.74, 6) is 0.384. The van der Waals surface area contributed by atoms with E-state index in [1.54, 1.807) is 19.1 Å². The first-order valence-corrected chi connectivity index (χ1v) is 10.4. The van der Waals surface area contributed by atoms with Crippen LogP contribution >= 0.6 is 0 Å². The van der Waals surface area contributed by atoms with E-state index in [2.05, 4.69) is 6.07 Å². The van der Waals surface area contributed by atoms with Crippen LogP contribution < -0.4 is 10.5 Å². The molecule has 0 radical (unpaired) electrons. The molecule has 160 valence electrons. The lowest BCUT2D eigenvalue weighted by atomic mass is 9.93. The van der Waals surface area contributed by atoms with E-state index < -0.39 is 11.9 Å². The minimum atomic E-state index is -0.470. The minimum Gasteiger partial charge on any atom is -0.497 e. The van der Waals surface area contributed by atoms with Crippen LogP contribution in [0.15, 0.2) is 60.7 Å². The third-order valence-corrected chi connectivity index (χ3v) is 5.97. The molecule has 31 heavy (non-hydrogen) atoms. The number of carbonyl (C=O) groups excluding carboxylic acids is 2. The second-order valence-corrected chi connectivity index (χ2v) is 8.09. The number of likely N-dealkylation sites (N-methyl/N-ethyl adjacent to an activating group) is 1. The van der Waals surface area contributed by atoms with E-state index >= 15 is 0 Å². The predicted molar refractivity (Wildman–Crippen MR) is 121 cm³/mol. The van der Waals surface area contributed by atoms with Crippen LogP contribution in [0.25, 0.3) is 10.8 Å². The summed E-state index contributed by atoms with van der Waals surface area (Å²) in [6.07, 6.45) is 0.538. The van der Waals surface area contributed by atoms with E-state index in [0.717, 1.165) is 33.2 Å². The molecule has 0 bridgehead atoms. The molecule has 6 nitrogen and oxygen atoms in total. The van der Waals surface area contributed by atoms with Crippen molar-refractivity contribution < 1.29 is 14.3 Å². The standard InChI is InChI=1S/C25H27N3O3/c1-27(14-17-7-8-20-12-22(31-2)10-9-19(20)11-17)24(29)16-28-15-21-6-4-3-5-18(21)13-23(28)25(26)30/h3-12,23H,13-16H2,1-2H3,(H2,26,30)/t23-/m0/s1. The molecule has 1 aliphatic rings. The number of amides is 2. The van der Waals surface area contributed by atoms with Gasteiger partial charge in [0.05, 0.1) is 19.7 Å². The zero-order valence-corrected chi connectivity index (χ0v) is 17.9. The number of ether oxygens (including phenoxy) is 1. The minimum absolute atomic E-state index is 0.0412. The summed E-state index contributed by atoms with van der Waals surface area (Å²) in [6.45, 7) is 1.19. The van der Waals surface area contributed by atoms with Crippen molar-refractivity contribution in [2.24, 2.45) is 5.73 Å². The Balaban J connectivity index is 1.45. The Morgan fingerprint density at radius 1 is 1.06 bits per heavy atom. The average molecular weight is 418 g/mol. The van der Waals surface area contributed by atoms with Gasteiger partial charge in [0.1, 0.15) is 5.75 Å². The summed E-state index contributed by atoms with van der Waals surface area (Å²) in [7, 11) is 3.44. The van der Waals surface area contributed by atoms with Crippen molar-refractivity contribution in [1.29, 1.82) is 0 Å². The summed E-state index contributed by atoms with van der Waals surface area (Å²) in [5, 5.41) is 2.19. The highest BCUT2D eigenvalue weighted by Gasteiger charge is 2.31. The fourth-order valence-corrected chi connectivity index (χ4v) is 4.18. The Kier molecular flexibility index (Phi) is 5.91. The van der Waals surface area contributed by atoms with Gasteiger partial charge in [-0.2, -0.15) is 0 Å². The van der Waals surface area contributed by atoms with Gasteiger partial charge >= 0.3 is 0 Å². The summed E-state index contributed by atoms with van der Waals surface area (Å²) in [6, 6.07) is 19.6. The van der Waals surface area contributed by atoms with Crippen LogP contribution in [0.1, 0.15) is 16.7 Å². The topological polar surface area (TPSA) is 75.9 Å². The van der Waals surface area contributed by atoms with Gasteiger partial charge in [-0.3, -0.25) is 14.5 Å². The van der Waals surface area contributed by atoms with E-state index in [1.165, 1.54) is 0 Å². The number of nitrogens with zero attached hydrogens (tertiary/aromatic N) is 2. The average Bonchev–Trinajstić information content (AvgIpc) is 2.78.